The zero-order chi connectivity index (χ0) is 14.5. The molecule has 5 nitrogen and oxygen atoms in total. The molecule has 1 fully saturated rings. The van der Waals surface area contributed by atoms with Gasteiger partial charge in [-0.3, -0.25) is 4.90 Å². The molecule has 0 spiro atoms. The highest BCUT2D eigenvalue weighted by atomic mass is 19.1. The maximum atomic E-state index is 13.6. The SMILES string of the molecule is CCOC(=O)C(c1ccc(N)c(F)c1)N1CCOCC1. The molecular weight excluding hydrogens is 263 g/mol. The molecule has 1 aliphatic heterocycles. The largest absolute Gasteiger partial charge is 0.465 e. The summed E-state index contributed by atoms with van der Waals surface area (Å²) in [7, 11) is 0. The number of anilines is 1. The van der Waals surface area contributed by atoms with Crippen LogP contribution in [0.3, 0.4) is 0 Å². The monoisotopic (exact) mass is 282 g/mol. The van der Waals surface area contributed by atoms with Crippen molar-refractivity contribution < 1.29 is 18.7 Å². The first-order valence-corrected chi connectivity index (χ1v) is 6.67. The molecular formula is C14H19FN2O3. The highest BCUT2D eigenvalue weighted by Crippen LogP contribution is 2.25. The molecule has 110 valence electrons. The van der Waals surface area contributed by atoms with Crippen molar-refractivity contribution in [3.63, 3.8) is 0 Å². The summed E-state index contributed by atoms with van der Waals surface area (Å²) < 4.78 is 24.0. The molecule has 2 rings (SSSR count). The topological polar surface area (TPSA) is 64.8 Å². The average Bonchev–Trinajstić information content (AvgIpc) is 2.44. The van der Waals surface area contributed by atoms with Crippen LogP contribution in [-0.4, -0.2) is 43.8 Å². The van der Waals surface area contributed by atoms with Gasteiger partial charge in [-0.25, -0.2) is 9.18 Å². The van der Waals surface area contributed by atoms with Gasteiger partial charge in [-0.15, -0.1) is 0 Å². The first-order valence-electron chi connectivity index (χ1n) is 6.67. The predicted molar refractivity (Wildman–Crippen MR) is 72.6 cm³/mol. The number of hydrogen-bond acceptors (Lipinski definition) is 5. The number of nitrogens with zero attached hydrogens (tertiary/aromatic N) is 1. The Morgan fingerprint density at radius 1 is 1.50 bits per heavy atom. The number of hydrogen-bond donors (Lipinski definition) is 1. The summed E-state index contributed by atoms with van der Waals surface area (Å²) >= 11 is 0. The second kappa shape index (κ2) is 6.67. The van der Waals surface area contributed by atoms with E-state index < -0.39 is 11.9 Å². The van der Waals surface area contributed by atoms with E-state index in [2.05, 4.69) is 0 Å². The second-order valence-corrected chi connectivity index (χ2v) is 4.58. The van der Waals surface area contributed by atoms with Gasteiger partial charge in [0.05, 0.1) is 25.5 Å². The van der Waals surface area contributed by atoms with Gasteiger partial charge in [-0.05, 0) is 24.6 Å². The summed E-state index contributed by atoms with van der Waals surface area (Å²) in [6.07, 6.45) is 0. The molecule has 1 aliphatic rings. The number of rotatable bonds is 4. The smallest absolute Gasteiger partial charge is 0.328 e. The van der Waals surface area contributed by atoms with Crippen molar-refractivity contribution in [2.45, 2.75) is 13.0 Å². The summed E-state index contributed by atoms with van der Waals surface area (Å²) in [5.74, 6) is -0.899. The number of carbonyl (C=O) groups excluding carboxylic acids is 1. The van der Waals surface area contributed by atoms with E-state index in [4.69, 9.17) is 15.2 Å². The Labute approximate surface area is 117 Å². The number of nitrogen functional groups attached to an aromatic ring is 1. The number of nitrogens with two attached hydrogens (primary N) is 1. The molecule has 1 unspecified atom stereocenters. The summed E-state index contributed by atoms with van der Waals surface area (Å²) in [6, 6.07) is 3.81. The molecule has 0 bridgehead atoms. The van der Waals surface area contributed by atoms with E-state index in [1.54, 1.807) is 13.0 Å². The van der Waals surface area contributed by atoms with Gasteiger partial charge < -0.3 is 15.2 Å². The molecule has 0 saturated carbocycles. The van der Waals surface area contributed by atoms with E-state index in [0.29, 0.717) is 31.9 Å². The van der Waals surface area contributed by atoms with Crippen molar-refractivity contribution in [2.75, 3.05) is 38.6 Å². The number of esters is 1. The van der Waals surface area contributed by atoms with Crippen molar-refractivity contribution in [2.24, 2.45) is 0 Å². The molecule has 0 aromatic heterocycles. The van der Waals surface area contributed by atoms with Crippen LogP contribution in [0.5, 0.6) is 0 Å². The van der Waals surface area contributed by atoms with E-state index >= 15 is 0 Å². The van der Waals surface area contributed by atoms with Crippen LogP contribution in [0, 0.1) is 5.82 Å². The van der Waals surface area contributed by atoms with Gasteiger partial charge >= 0.3 is 5.97 Å². The highest BCUT2D eigenvalue weighted by Gasteiger charge is 2.30. The third kappa shape index (κ3) is 3.26. The van der Waals surface area contributed by atoms with Crippen molar-refractivity contribution in [1.29, 1.82) is 0 Å². The van der Waals surface area contributed by atoms with Crippen LogP contribution in [0.4, 0.5) is 10.1 Å². The lowest BCUT2D eigenvalue weighted by atomic mass is 10.0. The summed E-state index contributed by atoms with van der Waals surface area (Å²) in [5.41, 5.74) is 6.10. The minimum Gasteiger partial charge on any atom is -0.465 e. The summed E-state index contributed by atoms with van der Waals surface area (Å²) in [4.78, 5) is 14.1. The Balaban J connectivity index is 2.28. The first kappa shape index (κ1) is 14.7. The number of morpholine rings is 1. The zero-order valence-electron chi connectivity index (χ0n) is 11.5. The Bertz CT molecular complexity index is 475. The van der Waals surface area contributed by atoms with Crippen molar-refractivity contribution in [1.82, 2.24) is 4.90 Å². The molecule has 1 aromatic rings. The van der Waals surface area contributed by atoms with Crippen LogP contribution >= 0.6 is 0 Å². The standard InChI is InChI=1S/C14H19FN2O3/c1-2-20-14(18)13(17-5-7-19-8-6-17)10-3-4-12(16)11(15)9-10/h3-4,9,13H,2,5-8,16H2,1H3. The molecule has 20 heavy (non-hydrogen) atoms. The summed E-state index contributed by atoms with van der Waals surface area (Å²) in [6.45, 7) is 4.35. The maximum Gasteiger partial charge on any atom is 0.328 e. The van der Waals surface area contributed by atoms with E-state index in [9.17, 15) is 9.18 Å². The lowest BCUT2D eigenvalue weighted by Gasteiger charge is -2.33. The van der Waals surface area contributed by atoms with Gasteiger partial charge in [-0.1, -0.05) is 6.07 Å². The highest BCUT2D eigenvalue weighted by molar-refractivity contribution is 5.78. The van der Waals surface area contributed by atoms with Gasteiger partial charge in [0.2, 0.25) is 0 Å². The molecule has 0 radical (unpaired) electrons. The number of ether oxygens (including phenoxy) is 2. The lowest BCUT2D eigenvalue weighted by molar-refractivity contribution is -0.151. The average molecular weight is 282 g/mol. The Kier molecular flexibility index (Phi) is 4.92. The molecule has 0 aliphatic carbocycles. The fraction of sp³-hybridized carbons (Fsp3) is 0.500. The molecule has 1 heterocycles. The van der Waals surface area contributed by atoms with Crippen LogP contribution in [0.2, 0.25) is 0 Å². The van der Waals surface area contributed by atoms with E-state index in [1.807, 2.05) is 4.90 Å². The second-order valence-electron chi connectivity index (χ2n) is 4.58. The summed E-state index contributed by atoms with van der Waals surface area (Å²) in [5, 5.41) is 0. The van der Waals surface area contributed by atoms with E-state index in [0.717, 1.165) is 0 Å². The minimum absolute atomic E-state index is 0.0679. The van der Waals surface area contributed by atoms with Crippen LogP contribution in [0.15, 0.2) is 18.2 Å². The maximum absolute atomic E-state index is 13.6. The number of halogens is 1. The Morgan fingerprint density at radius 3 is 2.80 bits per heavy atom. The van der Waals surface area contributed by atoms with Crippen molar-refractivity contribution in [3.05, 3.63) is 29.6 Å². The molecule has 2 N–H and O–H groups in total. The van der Waals surface area contributed by atoms with Crippen LogP contribution in [-0.2, 0) is 14.3 Å². The Morgan fingerprint density at radius 2 is 2.20 bits per heavy atom. The van der Waals surface area contributed by atoms with Crippen molar-refractivity contribution in [3.8, 4) is 0 Å². The fourth-order valence-electron chi connectivity index (χ4n) is 2.27. The molecule has 1 saturated heterocycles. The molecule has 0 amide bonds. The normalized spacial score (nSPS) is 17.7. The van der Waals surface area contributed by atoms with Crippen LogP contribution in [0.1, 0.15) is 18.5 Å². The number of benzene rings is 1. The Hall–Kier alpha value is -1.66. The number of carbonyl (C=O) groups is 1. The quantitative estimate of drug-likeness (QED) is 0.667. The van der Waals surface area contributed by atoms with Crippen LogP contribution < -0.4 is 5.73 Å². The van der Waals surface area contributed by atoms with Crippen LogP contribution in [0.25, 0.3) is 0 Å². The van der Waals surface area contributed by atoms with E-state index in [1.165, 1.54) is 12.1 Å². The third-order valence-corrected chi connectivity index (χ3v) is 3.26. The fourth-order valence-corrected chi connectivity index (χ4v) is 2.27. The minimum atomic E-state index is -0.617. The van der Waals surface area contributed by atoms with Gasteiger partial charge in [-0.2, -0.15) is 0 Å². The molecule has 1 aromatic carbocycles. The van der Waals surface area contributed by atoms with Gasteiger partial charge in [0.25, 0.3) is 0 Å². The zero-order valence-corrected chi connectivity index (χ0v) is 11.5. The molecule has 6 heteroatoms. The van der Waals surface area contributed by atoms with Gasteiger partial charge in [0.1, 0.15) is 11.9 Å². The third-order valence-electron chi connectivity index (χ3n) is 3.26. The predicted octanol–water partition coefficient (Wildman–Crippen LogP) is 1.34. The van der Waals surface area contributed by atoms with E-state index in [-0.39, 0.29) is 18.3 Å². The lowest BCUT2D eigenvalue weighted by Crippen LogP contribution is -2.42. The van der Waals surface area contributed by atoms with Gasteiger partial charge in [0.15, 0.2) is 0 Å². The van der Waals surface area contributed by atoms with Crippen molar-refractivity contribution >= 4 is 11.7 Å². The first-order chi connectivity index (χ1) is 9.63. The molecule has 1 atom stereocenters. The van der Waals surface area contributed by atoms with Gasteiger partial charge in [0, 0.05) is 13.1 Å².